The maximum absolute atomic E-state index is 12.0. The number of carbonyl (C=O) groups excluding carboxylic acids is 1. The van der Waals surface area contributed by atoms with Crippen LogP contribution in [-0.2, 0) is 13.0 Å². The second kappa shape index (κ2) is 10.3. The van der Waals surface area contributed by atoms with Gasteiger partial charge in [0.25, 0.3) is 0 Å². The maximum Gasteiger partial charge on any atom is 0.315 e. The van der Waals surface area contributed by atoms with Gasteiger partial charge in [-0.3, -0.25) is 0 Å². The van der Waals surface area contributed by atoms with Gasteiger partial charge in [-0.2, -0.15) is 0 Å². The third-order valence-corrected chi connectivity index (χ3v) is 3.78. The largest absolute Gasteiger partial charge is 0.493 e. The number of rotatable bonds is 9. The topological polar surface area (TPSA) is 81.7 Å². The maximum atomic E-state index is 12.0. The van der Waals surface area contributed by atoms with E-state index >= 15 is 0 Å². The predicted molar refractivity (Wildman–Crippen MR) is 103 cm³/mol. The van der Waals surface area contributed by atoms with Gasteiger partial charge in [-0.25, -0.2) is 9.78 Å². The van der Waals surface area contributed by atoms with Crippen LogP contribution in [0, 0.1) is 0 Å². The SMILES string of the molecule is COc1ccc(CCNC(=O)NCc2cccnc2OC(C)C)cc1OC. The van der Waals surface area contributed by atoms with Gasteiger partial charge in [0.05, 0.1) is 20.3 Å². The summed E-state index contributed by atoms with van der Waals surface area (Å²) in [6, 6.07) is 9.17. The molecule has 146 valence electrons. The van der Waals surface area contributed by atoms with Gasteiger partial charge in [0, 0.05) is 24.8 Å². The Morgan fingerprint density at radius 2 is 1.89 bits per heavy atom. The number of carbonyl (C=O) groups is 1. The summed E-state index contributed by atoms with van der Waals surface area (Å²) < 4.78 is 16.2. The van der Waals surface area contributed by atoms with Crippen molar-refractivity contribution >= 4 is 6.03 Å². The molecule has 0 bridgehead atoms. The van der Waals surface area contributed by atoms with Crippen LogP contribution in [0.1, 0.15) is 25.0 Å². The lowest BCUT2D eigenvalue weighted by Crippen LogP contribution is -2.36. The van der Waals surface area contributed by atoms with E-state index in [1.54, 1.807) is 20.4 Å². The molecular weight excluding hydrogens is 346 g/mol. The summed E-state index contributed by atoms with van der Waals surface area (Å²) in [6.07, 6.45) is 2.38. The Bertz CT molecular complexity index is 750. The number of aromatic nitrogens is 1. The van der Waals surface area contributed by atoms with Crippen molar-refractivity contribution in [2.45, 2.75) is 32.9 Å². The first-order valence-electron chi connectivity index (χ1n) is 8.86. The number of hydrogen-bond acceptors (Lipinski definition) is 5. The number of benzene rings is 1. The van der Waals surface area contributed by atoms with E-state index in [-0.39, 0.29) is 12.1 Å². The van der Waals surface area contributed by atoms with Crippen molar-refractivity contribution in [3.8, 4) is 17.4 Å². The first kappa shape index (κ1) is 20.4. The molecule has 0 aliphatic carbocycles. The fraction of sp³-hybridized carbons (Fsp3) is 0.400. The minimum absolute atomic E-state index is 0.0222. The molecule has 1 aromatic carbocycles. The minimum atomic E-state index is -0.241. The predicted octanol–water partition coefficient (Wildman–Crippen LogP) is 2.93. The molecule has 0 radical (unpaired) electrons. The van der Waals surface area contributed by atoms with Crippen LogP contribution in [0.4, 0.5) is 4.79 Å². The van der Waals surface area contributed by atoms with Gasteiger partial charge in [0.1, 0.15) is 0 Å². The van der Waals surface area contributed by atoms with Gasteiger partial charge in [-0.15, -0.1) is 0 Å². The van der Waals surface area contributed by atoms with E-state index in [9.17, 15) is 4.79 Å². The second-order valence-electron chi connectivity index (χ2n) is 6.18. The van der Waals surface area contributed by atoms with E-state index in [0.717, 1.165) is 11.1 Å². The zero-order chi connectivity index (χ0) is 19.6. The van der Waals surface area contributed by atoms with Gasteiger partial charge in [-0.05, 0) is 44.0 Å². The summed E-state index contributed by atoms with van der Waals surface area (Å²) in [5.74, 6) is 1.90. The molecule has 0 fully saturated rings. The Balaban J connectivity index is 1.80. The van der Waals surface area contributed by atoms with Crippen LogP contribution in [0.15, 0.2) is 36.5 Å². The Kier molecular flexibility index (Phi) is 7.73. The highest BCUT2D eigenvalue weighted by Crippen LogP contribution is 2.27. The number of hydrogen-bond donors (Lipinski definition) is 2. The second-order valence-corrected chi connectivity index (χ2v) is 6.18. The number of ether oxygens (including phenoxy) is 3. The van der Waals surface area contributed by atoms with Crippen molar-refractivity contribution in [3.05, 3.63) is 47.7 Å². The standard InChI is InChI=1S/C20H27N3O4/c1-14(2)27-19-16(6-5-10-21-19)13-23-20(24)22-11-9-15-7-8-17(25-3)18(12-15)26-4/h5-8,10,12,14H,9,11,13H2,1-4H3,(H2,22,23,24). The van der Waals surface area contributed by atoms with Gasteiger partial charge in [-0.1, -0.05) is 12.1 Å². The summed E-state index contributed by atoms with van der Waals surface area (Å²) in [7, 11) is 3.20. The van der Waals surface area contributed by atoms with Crippen LogP contribution in [0.3, 0.4) is 0 Å². The summed E-state index contributed by atoms with van der Waals surface area (Å²) >= 11 is 0. The summed E-state index contributed by atoms with van der Waals surface area (Å²) in [5.41, 5.74) is 1.88. The van der Waals surface area contributed by atoms with Gasteiger partial charge in [0.2, 0.25) is 5.88 Å². The molecule has 7 nitrogen and oxygen atoms in total. The first-order chi connectivity index (χ1) is 13.0. The number of urea groups is 1. The quantitative estimate of drug-likeness (QED) is 0.706. The van der Waals surface area contributed by atoms with Crippen LogP contribution >= 0.6 is 0 Å². The van der Waals surface area contributed by atoms with E-state index in [0.29, 0.717) is 36.9 Å². The van der Waals surface area contributed by atoms with Crippen molar-refractivity contribution < 1.29 is 19.0 Å². The molecule has 0 saturated carbocycles. The highest BCUT2D eigenvalue weighted by atomic mass is 16.5. The fourth-order valence-corrected chi connectivity index (χ4v) is 2.48. The zero-order valence-corrected chi connectivity index (χ0v) is 16.2. The van der Waals surface area contributed by atoms with Gasteiger partial charge < -0.3 is 24.8 Å². The Labute approximate surface area is 160 Å². The Morgan fingerprint density at radius 1 is 1.11 bits per heavy atom. The summed E-state index contributed by atoms with van der Waals surface area (Å²) in [6.45, 7) is 4.72. The number of nitrogens with zero attached hydrogens (tertiary/aromatic N) is 1. The van der Waals surface area contributed by atoms with Gasteiger partial charge in [0.15, 0.2) is 11.5 Å². The summed E-state index contributed by atoms with van der Waals surface area (Å²) in [5, 5.41) is 5.67. The molecule has 2 N–H and O–H groups in total. The number of methoxy groups -OCH3 is 2. The average Bonchev–Trinajstić information content (AvgIpc) is 2.66. The lowest BCUT2D eigenvalue weighted by molar-refractivity contribution is 0.228. The molecule has 7 heteroatoms. The zero-order valence-electron chi connectivity index (χ0n) is 16.2. The highest BCUT2D eigenvalue weighted by Gasteiger charge is 2.09. The van der Waals surface area contributed by atoms with Crippen LogP contribution in [0.5, 0.6) is 17.4 Å². The van der Waals surface area contributed by atoms with Crippen molar-refractivity contribution in [1.82, 2.24) is 15.6 Å². The minimum Gasteiger partial charge on any atom is -0.493 e. The van der Waals surface area contributed by atoms with Gasteiger partial charge >= 0.3 is 6.03 Å². The molecule has 1 aromatic heterocycles. The van der Waals surface area contributed by atoms with Crippen molar-refractivity contribution in [3.63, 3.8) is 0 Å². The van der Waals surface area contributed by atoms with E-state index < -0.39 is 0 Å². The molecule has 2 rings (SSSR count). The number of pyridine rings is 1. The molecule has 0 aliphatic rings. The molecule has 2 amide bonds. The number of nitrogens with one attached hydrogen (secondary N) is 2. The normalized spacial score (nSPS) is 10.4. The molecule has 0 spiro atoms. The van der Waals surface area contributed by atoms with E-state index in [2.05, 4.69) is 15.6 Å². The van der Waals surface area contributed by atoms with Crippen LogP contribution in [-0.4, -0.2) is 37.9 Å². The van der Waals surface area contributed by atoms with E-state index in [1.807, 2.05) is 44.2 Å². The third-order valence-electron chi connectivity index (χ3n) is 3.78. The smallest absolute Gasteiger partial charge is 0.315 e. The monoisotopic (exact) mass is 373 g/mol. The first-order valence-corrected chi connectivity index (χ1v) is 8.86. The van der Waals surface area contributed by atoms with E-state index in [1.165, 1.54) is 0 Å². The molecule has 0 unspecified atom stereocenters. The van der Waals surface area contributed by atoms with Crippen LogP contribution < -0.4 is 24.8 Å². The average molecular weight is 373 g/mol. The van der Waals surface area contributed by atoms with Crippen LogP contribution in [0.2, 0.25) is 0 Å². The molecule has 0 saturated heterocycles. The van der Waals surface area contributed by atoms with E-state index in [4.69, 9.17) is 14.2 Å². The lowest BCUT2D eigenvalue weighted by Gasteiger charge is -2.14. The number of amides is 2. The summed E-state index contributed by atoms with van der Waals surface area (Å²) in [4.78, 5) is 16.2. The molecule has 27 heavy (non-hydrogen) atoms. The lowest BCUT2D eigenvalue weighted by atomic mass is 10.1. The Morgan fingerprint density at radius 3 is 2.59 bits per heavy atom. The molecule has 2 aromatic rings. The van der Waals surface area contributed by atoms with Crippen LogP contribution in [0.25, 0.3) is 0 Å². The van der Waals surface area contributed by atoms with Crippen molar-refractivity contribution in [1.29, 1.82) is 0 Å². The Hall–Kier alpha value is -2.96. The third kappa shape index (κ3) is 6.36. The highest BCUT2D eigenvalue weighted by molar-refractivity contribution is 5.73. The van der Waals surface area contributed by atoms with Crippen molar-refractivity contribution in [2.75, 3.05) is 20.8 Å². The fourth-order valence-electron chi connectivity index (χ4n) is 2.48. The molecular formula is C20H27N3O4. The molecule has 1 heterocycles. The van der Waals surface area contributed by atoms with Crippen molar-refractivity contribution in [2.24, 2.45) is 0 Å². The molecule has 0 aliphatic heterocycles. The molecule has 0 atom stereocenters.